The molecule has 0 unspecified atom stereocenters. The lowest BCUT2D eigenvalue weighted by Gasteiger charge is -2.41. The molecule has 1 aromatic heterocycles. The Morgan fingerprint density at radius 1 is 0.914 bits per heavy atom. The van der Waals surface area contributed by atoms with Gasteiger partial charge in [0.15, 0.2) is 0 Å². The topological polar surface area (TPSA) is 54.8 Å². The van der Waals surface area contributed by atoms with Crippen molar-refractivity contribution in [1.82, 2.24) is 9.47 Å². The number of hydrogen-bond acceptors (Lipinski definition) is 4. The number of carbonyl (C=O) groups excluding carboxylic acids is 1. The molecule has 1 atom stereocenters. The van der Waals surface area contributed by atoms with Gasteiger partial charge in [0.25, 0.3) is 11.5 Å². The zero-order valence-corrected chi connectivity index (χ0v) is 20.3. The number of nitrogens with zero attached hydrogens (tertiary/aromatic N) is 3. The Morgan fingerprint density at radius 2 is 1.66 bits per heavy atom. The number of pyridine rings is 1. The molecular formula is C29H29N3O3. The Bertz CT molecular complexity index is 1440. The van der Waals surface area contributed by atoms with Crippen molar-refractivity contribution >= 4 is 22.4 Å². The maximum Gasteiger partial charge on any atom is 0.262 e. The fourth-order valence-corrected chi connectivity index (χ4v) is 4.85. The summed E-state index contributed by atoms with van der Waals surface area (Å²) in [5.74, 6) is 0.588. The first-order chi connectivity index (χ1) is 17.0. The summed E-state index contributed by atoms with van der Waals surface area (Å²) in [6, 6.07) is 23.3. The fraction of sp³-hybridized carbons (Fsp3) is 0.241. The highest BCUT2D eigenvalue weighted by Crippen LogP contribution is 2.25. The van der Waals surface area contributed by atoms with Crippen LogP contribution in [0.15, 0.2) is 83.8 Å². The van der Waals surface area contributed by atoms with E-state index in [1.54, 1.807) is 30.0 Å². The van der Waals surface area contributed by atoms with Crippen LogP contribution in [0.3, 0.4) is 0 Å². The van der Waals surface area contributed by atoms with Crippen LogP contribution < -0.4 is 15.2 Å². The van der Waals surface area contributed by atoms with E-state index in [1.807, 2.05) is 41.3 Å². The average Bonchev–Trinajstić information content (AvgIpc) is 2.89. The molecule has 2 heterocycles. The molecule has 0 radical (unpaired) electrons. The first-order valence-corrected chi connectivity index (χ1v) is 11.9. The van der Waals surface area contributed by atoms with Crippen LogP contribution in [0.4, 0.5) is 5.69 Å². The summed E-state index contributed by atoms with van der Waals surface area (Å²) in [6.07, 6.45) is 1.68. The summed E-state index contributed by atoms with van der Waals surface area (Å²) < 4.78 is 6.89. The number of aryl methyl sites for hydroxylation is 1. The maximum absolute atomic E-state index is 13.8. The number of methoxy groups -OCH3 is 1. The van der Waals surface area contributed by atoms with Crippen LogP contribution in [0.1, 0.15) is 22.8 Å². The third-order valence-corrected chi connectivity index (χ3v) is 6.77. The summed E-state index contributed by atoms with van der Waals surface area (Å²) in [7, 11) is 1.59. The van der Waals surface area contributed by atoms with E-state index < -0.39 is 0 Å². The maximum atomic E-state index is 13.8. The zero-order chi connectivity index (χ0) is 24.5. The second-order valence-electron chi connectivity index (χ2n) is 9.09. The summed E-state index contributed by atoms with van der Waals surface area (Å²) >= 11 is 0. The number of benzene rings is 3. The molecule has 35 heavy (non-hydrogen) atoms. The Hall–Kier alpha value is -4.06. The molecule has 0 bridgehead atoms. The van der Waals surface area contributed by atoms with Crippen molar-refractivity contribution in [3.63, 3.8) is 0 Å². The molecule has 6 nitrogen and oxygen atoms in total. The first kappa shape index (κ1) is 22.7. The monoisotopic (exact) mass is 467 g/mol. The lowest BCUT2D eigenvalue weighted by atomic mass is 10.0. The molecule has 1 saturated heterocycles. The summed E-state index contributed by atoms with van der Waals surface area (Å²) in [5, 5.41) is 1.20. The van der Waals surface area contributed by atoms with Crippen molar-refractivity contribution in [2.45, 2.75) is 19.9 Å². The van der Waals surface area contributed by atoms with Gasteiger partial charge in [0.05, 0.1) is 18.4 Å². The molecule has 0 spiro atoms. The van der Waals surface area contributed by atoms with E-state index in [9.17, 15) is 9.59 Å². The van der Waals surface area contributed by atoms with Crippen molar-refractivity contribution in [1.29, 1.82) is 0 Å². The Labute approximate surface area is 205 Å². The highest BCUT2D eigenvalue weighted by molar-refractivity contribution is 6.06. The molecule has 1 aliphatic rings. The second-order valence-corrected chi connectivity index (χ2v) is 9.09. The van der Waals surface area contributed by atoms with Crippen LogP contribution in [-0.2, 0) is 0 Å². The van der Waals surface area contributed by atoms with Gasteiger partial charge in [-0.25, -0.2) is 0 Å². The lowest BCUT2D eigenvalue weighted by Crippen LogP contribution is -2.53. The van der Waals surface area contributed by atoms with Crippen LogP contribution in [-0.4, -0.2) is 48.2 Å². The van der Waals surface area contributed by atoms with Gasteiger partial charge in [-0.2, -0.15) is 0 Å². The molecule has 1 aliphatic heterocycles. The van der Waals surface area contributed by atoms with Crippen LogP contribution in [0, 0.1) is 6.92 Å². The van der Waals surface area contributed by atoms with E-state index >= 15 is 0 Å². The van der Waals surface area contributed by atoms with Crippen molar-refractivity contribution < 1.29 is 9.53 Å². The number of aromatic nitrogens is 1. The highest BCUT2D eigenvalue weighted by atomic mass is 16.5. The normalized spacial score (nSPS) is 15.9. The fourth-order valence-electron chi connectivity index (χ4n) is 4.85. The quantitative estimate of drug-likeness (QED) is 0.438. The van der Waals surface area contributed by atoms with Crippen LogP contribution in [0.5, 0.6) is 5.75 Å². The predicted molar refractivity (Wildman–Crippen MR) is 140 cm³/mol. The number of rotatable bonds is 4. The molecular weight excluding hydrogens is 438 g/mol. The smallest absolute Gasteiger partial charge is 0.262 e. The molecule has 0 saturated carbocycles. The van der Waals surface area contributed by atoms with Crippen LogP contribution in [0.2, 0.25) is 0 Å². The number of hydrogen-bond donors (Lipinski definition) is 0. The molecule has 0 aliphatic carbocycles. The van der Waals surface area contributed by atoms with Gasteiger partial charge in [-0.05, 0) is 44.2 Å². The number of fused-ring (bicyclic) bond motifs is 1. The molecule has 6 heteroatoms. The van der Waals surface area contributed by atoms with Gasteiger partial charge in [0, 0.05) is 54.4 Å². The van der Waals surface area contributed by atoms with E-state index in [0.717, 1.165) is 6.54 Å². The van der Waals surface area contributed by atoms with Crippen molar-refractivity contribution in [2.24, 2.45) is 0 Å². The first-order valence-electron chi connectivity index (χ1n) is 11.9. The zero-order valence-electron chi connectivity index (χ0n) is 20.3. The van der Waals surface area contributed by atoms with Crippen molar-refractivity contribution in [3.8, 4) is 11.4 Å². The van der Waals surface area contributed by atoms with Crippen LogP contribution >= 0.6 is 0 Å². The number of carbonyl (C=O) groups is 1. The lowest BCUT2D eigenvalue weighted by molar-refractivity contribution is 0.0727. The van der Waals surface area contributed by atoms with E-state index in [2.05, 4.69) is 43.0 Å². The Kier molecular flexibility index (Phi) is 6.03. The van der Waals surface area contributed by atoms with Gasteiger partial charge in [0.1, 0.15) is 5.75 Å². The van der Waals surface area contributed by atoms with Gasteiger partial charge in [-0.1, -0.05) is 42.0 Å². The minimum Gasteiger partial charge on any atom is -0.497 e. The Balaban J connectivity index is 1.51. The SMILES string of the molecule is COc1cccc(-n2cc(C(=O)N3CCN(c4ccc(C)cc4)[C@@H](C)C3)c3ccccc3c2=O)c1. The molecule has 1 amide bonds. The van der Waals surface area contributed by atoms with Crippen molar-refractivity contribution in [2.75, 3.05) is 31.6 Å². The van der Waals surface area contributed by atoms with Crippen LogP contribution in [0.25, 0.3) is 16.5 Å². The van der Waals surface area contributed by atoms with Gasteiger partial charge in [-0.15, -0.1) is 0 Å². The van der Waals surface area contributed by atoms with E-state index in [0.29, 0.717) is 40.9 Å². The standard InChI is InChI=1S/C29H29N3O3/c1-20-11-13-22(14-12-20)31-16-15-30(18-21(31)2)28(33)27-19-32(23-7-6-8-24(17-23)35-3)29(34)26-10-5-4-9-25(26)27/h4-14,17,19,21H,15-16,18H2,1-3H3/t21-/m0/s1. The molecule has 3 aromatic carbocycles. The third kappa shape index (κ3) is 4.28. The summed E-state index contributed by atoms with van der Waals surface area (Å²) in [5.41, 5.74) is 3.43. The molecule has 4 aromatic rings. The third-order valence-electron chi connectivity index (χ3n) is 6.77. The molecule has 5 rings (SSSR count). The summed E-state index contributed by atoms with van der Waals surface area (Å²) in [6.45, 7) is 6.21. The van der Waals surface area contributed by atoms with Gasteiger partial charge in [-0.3, -0.25) is 14.2 Å². The van der Waals surface area contributed by atoms with Crippen molar-refractivity contribution in [3.05, 3.63) is 100 Å². The van der Waals surface area contributed by atoms with E-state index in [-0.39, 0.29) is 17.5 Å². The number of ether oxygens (including phenoxy) is 1. The number of amides is 1. The minimum atomic E-state index is -0.164. The molecule has 178 valence electrons. The highest BCUT2D eigenvalue weighted by Gasteiger charge is 2.29. The van der Waals surface area contributed by atoms with Gasteiger partial charge < -0.3 is 14.5 Å². The number of anilines is 1. The second kappa shape index (κ2) is 9.29. The summed E-state index contributed by atoms with van der Waals surface area (Å²) in [4.78, 5) is 31.4. The largest absolute Gasteiger partial charge is 0.497 e. The number of piperazine rings is 1. The molecule has 1 fully saturated rings. The average molecular weight is 468 g/mol. The Morgan fingerprint density at radius 3 is 2.37 bits per heavy atom. The minimum absolute atomic E-state index is 0.0618. The predicted octanol–water partition coefficient (Wildman–Crippen LogP) is 4.66. The van der Waals surface area contributed by atoms with E-state index in [1.165, 1.54) is 11.3 Å². The van der Waals surface area contributed by atoms with Gasteiger partial charge in [0.2, 0.25) is 0 Å². The van der Waals surface area contributed by atoms with E-state index in [4.69, 9.17) is 4.74 Å². The van der Waals surface area contributed by atoms with Gasteiger partial charge >= 0.3 is 0 Å². The molecule has 0 N–H and O–H groups in total.